The Morgan fingerprint density at radius 3 is 2.74 bits per heavy atom. The van der Waals surface area contributed by atoms with Gasteiger partial charge in [0.05, 0.1) is 12.0 Å². The van der Waals surface area contributed by atoms with Gasteiger partial charge in [-0.25, -0.2) is 4.98 Å². The Balaban J connectivity index is 1.20. The molecular formula is C25H27N5O4S. The van der Waals surface area contributed by atoms with Crippen molar-refractivity contribution in [2.45, 2.75) is 19.3 Å². The lowest BCUT2D eigenvalue weighted by Gasteiger charge is -2.31. The molecule has 2 aromatic carbocycles. The molecule has 1 N–H and O–H groups in total. The molecule has 0 aliphatic carbocycles. The van der Waals surface area contributed by atoms with Crippen LogP contribution in [0.25, 0.3) is 6.08 Å². The van der Waals surface area contributed by atoms with E-state index in [-0.39, 0.29) is 11.6 Å². The van der Waals surface area contributed by atoms with Gasteiger partial charge < -0.3 is 15.0 Å². The molecule has 0 saturated carbocycles. The van der Waals surface area contributed by atoms with E-state index in [9.17, 15) is 14.9 Å². The lowest BCUT2D eigenvalue weighted by Crippen LogP contribution is -2.38. The van der Waals surface area contributed by atoms with Gasteiger partial charge in [-0.15, -0.1) is 0 Å². The Kier molecular flexibility index (Phi) is 8.04. The highest BCUT2D eigenvalue weighted by Crippen LogP contribution is 2.25. The molecule has 0 atom stereocenters. The van der Waals surface area contributed by atoms with E-state index >= 15 is 0 Å². The number of amides is 1. The molecule has 1 saturated heterocycles. The van der Waals surface area contributed by atoms with Crippen LogP contribution in [0.2, 0.25) is 0 Å². The second kappa shape index (κ2) is 11.6. The number of non-ortho nitro benzene ring substituents is 1. The Morgan fingerprint density at radius 2 is 2.03 bits per heavy atom. The lowest BCUT2D eigenvalue weighted by atomic mass is 9.97. The maximum absolute atomic E-state index is 12.2. The molecule has 10 heteroatoms. The smallest absolute Gasteiger partial charge is 0.269 e. The molecule has 1 aliphatic heterocycles. The average molecular weight is 494 g/mol. The number of nitro groups is 1. The number of hydrogen-bond acceptors (Lipinski definition) is 8. The molecule has 4 rings (SSSR count). The molecule has 1 aromatic heterocycles. The van der Waals surface area contributed by atoms with E-state index in [0.29, 0.717) is 18.9 Å². The number of hydrogen-bond donors (Lipinski definition) is 1. The summed E-state index contributed by atoms with van der Waals surface area (Å²) in [6, 6.07) is 14.0. The summed E-state index contributed by atoms with van der Waals surface area (Å²) < 4.78 is 9.82. The van der Waals surface area contributed by atoms with Crippen LogP contribution < -0.4 is 15.0 Å². The van der Waals surface area contributed by atoms with Gasteiger partial charge in [0.15, 0.2) is 0 Å². The number of benzene rings is 2. The van der Waals surface area contributed by atoms with Crippen molar-refractivity contribution in [3.63, 3.8) is 0 Å². The monoisotopic (exact) mass is 493 g/mol. The van der Waals surface area contributed by atoms with Crippen LogP contribution in [0.15, 0.2) is 54.6 Å². The van der Waals surface area contributed by atoms with Gasteiger partial charge in [-0.1, -0.05) is 12.1 Å². The summed E-state index contributed by atoms with van der Waals surface area (Å²) in [7, 11) is 1.66. The predicted octanol–water partition coefficient (Wildman–Crippen LogP) is 4.09. The van der Waals surface area contributed by atoms with E-state index in [0.717, 1.165) is 53.8 Å². The molecule has 0 spiro atoms. The maximum atomic E-state index is 12.2. The van der Waals surface area contributed by atoms with Gasteiger partial charge in [0, 0.05) is 55.8 Å². The molecule has 1 aliphatic rings. The molecule has 0 bridgehead atoms. The summed E-state index contributed by atoms with van der Waals surface area (Å²) in [4.78, 5) is 29.4. The summed E-state index contributed by atoms with van der Waals surface area (Å²) in [5, 5.41) is 14.6. The summed E-state index contributed by atoms with van der Waals surface area (Å²) in [6.07, 6.45) is 5.72. The summed E-state index contributed by atoms with van der Waals surface area (Å²) in [6.45, 7) is 2.38. The number of nitrogens with zero attached hydrogens (tertiary/aromatic N) is 4. The van der Waals surface area contributed by atoms with Crippen molar-refractivity contribution < 1.29 is 14.5 Å². The van der Waals surface area contributed by atoms with Gasteiger partial charge >= 0.3 is 0 Å². The minimum atomic E-state index is -0.447. The number of ether oxygens (including phenoxy) is 1. The van der Waals surface area contributed by atoms with Gasteiger partial charge in [0.25, 0.3) is 5.69 Å². The van der Waals surface area contributed by atoms with Crippen LogP contribution in [0.5, 0.6) is 5.75 Å². The highest BCUT2D eigenvalue weighted by atomic mass is 32.1. The third kappa shape index (κ3) is 6.86. The van der Waals surface area contributed by atoms with Crippen LogP contribution in [0.4, 0.5) is 10.8 Å². The number of piperidine rings is 1. The first kappa shape index (κ1) is 24.3. The molecule has 3 aromatic rings. The largest absolute Gasteiger partial charge is 0.497 e. The molecule has 1 fully saturated rings. The van der Waals surface area contributed by atoms with E-state index in [1.54, 1.807) is 25.3 Å². The first-order valence-electron chi connectivity index (χ1n) is 11.4. The minimum Gasteiger partial charge on any atom is -0.497 e. The van der Waals surface area contributed by atoms with Crippen LogP contribution in [0.1, 0.15) is 29.8 Å². The van der Waals surface area contributed by atoms with Gasteiger partial charge in [-0.3, -0.25) is 14.9 Å². The fraction of sp³-hybridized carbons (Fsp3) is 0.320. The molecular weight excluding hydrogens is 466 g/mol. The highest BCUT2D eigenvalue weighted by molar-refractivity contribution is 7.09. The number of aromatic nitrogens is 2. The van der Waals surface area contributed by atoms with Crippen LogP contribution in [0, 0.1) is 16.0 Å². The van der Waals surface area contributed by atoms with Crippen LogP contribution in [-0.2, 0) is 11.2 Å². The van der Waals surface area contributed by atoms with Crippen molar-refractivity contribution in [2.75, 3.05) is 31.6 Å². The Labute approximate surface area is 207 Å². The number of carbonyl (C=O) groups excluding carboxylic acids is 1. The van der Waals surface area contributed by atoms with Crippen molar-refractivity contribution in [3.05, 3.63) is 81.7 Å². The zero-order valence-corrected chi connectivity index (χ0v) is 20.2. The normalized spacial score (nSPS) is 14.3. The molecule has 9 nitrogen and oxygen atoms in total. The molecule has 182 valence electrons. The van der Waals surface area contributed by atoms with E-state index in [2.05, 4.69) is 14.6 Å². The molecule has 35 heavy (non-hydrogen) atoms. The van der Waals surface area contributed by atoms with E-state index in [1.165, 1.54) is 29.7 Å². The number of nitro benzene ring substituents is 1. The number of rotatable bonds is 9. The van der Waals surface area contributed by atoms with E-state index in [1.807, 2.05) is 24.3 Å². The quantitative estimate of drug-likeness (QED) is 0.271. The SMILES string of the molecule is COc1cccc(Cc2nsc(N3CCC(CNC(=O)C=Cc4ccc([N+](=O)[O-])cc4)CC3)n2)c1. The van der Waals surface area contributed by atoms with Gasteiger partial charge in [-0.05, 0) is 60.2 Å². The molecule has 0 unspecified atom stereocenters. The summed E-state index contributed by atoms with van der Waals surface area (Å²) in [5.74, 6) is 1.88. The van der Waals surface area contributed by atoms with Crippen LogP contribution in [0.3, 0.4) is 0 Å². The number of carbonyl (C=O) groups is 1. The minimum absolute atomic E-state index is 0.0274. The van der Waals surface area contributed by atoms with Gasteiger partial charge in [0.1, 0.15) is 11.6 Å². The summed E-state index contributed by atoms with van der Waals surface area (Å²) in [5.41, 5.74) is 1.88. The van der Waals surface area contributed by atoms with Gasteiger partial charge in [0.2, 0.25) is 11.0 Å². The van der Waals surface area contributed by atoms with Crippen molar-refractivity contribution in [1.29, 1.82) is 0 Å². The number of anilines is 1. The van der Waals surface area contributed by atoms with E-state index in [4.69, 9.17) is 9.72 Å². The van der Waals surface area contributed by atoms with Crippen LogP contribution in [-0.4, -0.2) is 46.9 Å². The standard InChI is InChI=1S/C25H27N5O4S/c1-34-22-4-2-3-20(15-22)16-23-27-25(35-28-23)29-13-11-19(12-14-29)17-26-24(31)10-7-18-5-8-21(9-6-18)30(32)33/h2-10,15,19H,11-14,16-17H2,1H3,(H,26,31). The fourth-order valence-corrected chi connectivity index (χ4v) is 4.66. The molecule has 2 heterocycles. The first-order valence-corrected chi connectivity index (χ1v) is 12.2. The molecule has 0 radical (unpaired) electrons. The Hall–Kier alpha value is -3.79. The van der Waals surface area contributed by atoms with Gasteiger partial charge in [-0.2, -0.15) is 4.37 Å². The zero-order valence-electron chi connectivity index (χ0n) is 19.4. The Bertz CT molecular complexity index is 1190. The number of methoxy groups -OCH3 is 1. The second-order valence-corrected chi connectivity index (χ2v) is 9.11. The van der Waals surface area contributed by atoms with E-state index < -0.39 is 4.92 Å². The fourth-order valence-electron chi connectivity index (χ4n) is 3.92. The summed E-state index contributed by atoms with van der Waals surface area (Å²) >= 11 is 1.43. The third-order valence-corrected chi connectivity index (χ3v) is 6.75. The van der Waals surface area contributed by atoms with Crippen molar-refractivity contribution >= 4 is 34.3 Å². The average Bonchev–Trinajstić information content (AvgIpc) is 3.35. The molecule has 1 amide bonds. The van der Waals surface area contributed by atoms with Crippen molar-refractivity contribution in [1.82, 2.24) is 14.7 Å². The second-order valence-electron chi connectivity index (χ2n) is 8.38. The van der Waals surface area contributed by atoms with Crippen LogP contribution >= 0.6 is 11.5 Å². The maximum Gasteiger partial charge on any atom is 0.269 e. The Morgan fingerprint density at radius 1 is 1.26 bits per heavy atom. The lowest BCUT2D eigenvalue weighted by molar-refractivity contribution is -0.384. The predicted molar refractivity (Wildman–Crippen MR) is 136 cm³/mol. The third-order valence-electron chi connectivity index (χ3n) is 5.93. The number of nitrogens with one attached hydrogen (secondary N) is 1. The zero-order chi connectivity index (χ0) is 24.6. The highest BCUT2D eigenvalue weighted by Gasteiger charge is 2.22. The topological polar surface area (TPSA) is 110 Å². The first-order chi connectivity index (χ1) is 17.0. The van der Waals surface area contributed by atoms with Crippen molar-refractivity contribution in [3.8, 4) is 5.75 Å². The van der Waals surface area contributed by atoms with Crippen molar-refractivity contribution in [2.24, 2.45) is 5.92 Å².